The molecule has 2 fully saturated rings. The number of carbonyl (C=O) groups excluding carboxylic acids is 4. The predicted molar refractivity (Wildman–Crippen MR) is 191 cm³/mol. The van der Waals surface area contributed by atoms with E-state index in [4.69, 9.17) is 0 Å². The quantitative estimate of drug-likeness (QED) is 0.171. The summed E-state index contributed by atoms with van der Waals surface area (Å²) in [5.74, 6) is -1.53. The van der Waals surface area contributed by atoms with E-state index < -0.39 is 36.1 Å². The molecule has 0 bridgehead atoms. The summed E-state index contributed by atoms with van der Waals surface area (Å²) in [5.41, 5.74) is 4.02. The normalized spacial score (nSPS) is 18.5. The molecular weight excluding hydrogens is 632 g/mol. The van der Waals surface area contributed by atoms with Gasteiger partial charge in [0, 0.05) is 24.5 Å². The molecule has 2 heterocycles. The first-order valence-electron chi connectivity index (χ1n) is 16.9. The lowest BCUT2D eigenvalue weighted by Gasteiger charge is -2.26. The Kier molecular flexibility index (Phi) is 10.8. The van der Waals surface area contributed by atoms with Gasteiger partial charge in [-0.3, -0.25) is 19.2 Å². The van der Waals surface area contributed by atoms with Gasteiger partial charge in [-0.05, 0) is 72.2 Å². The van der Waals surface area contributed by atoms with E-state index >= 15 is 0 Å². The van der Waals surface area contributed by atoms with Crippen molar-refractivity contribution in [3.63, 3.8) is 0 Å². The van der Waals surface area contributed by atoms with Gasteiger partial charge in [0.25, 0.3) is 11.8 Å². The van der Waals surface area contributed by atoms with Gasteiger partial charge in [0.2, 0.25) is 11.8 Å². The summed E-state index contributed by atoms with van der Waals surface area (Å²) in [6, 6.07) is 30.8. The lowest BCUT2D eigenvalue weighted by Crippen LogP contribution is -2.45. The largest absolute Gasteiger partial charge is 0.378 e. The summed E-state index contributed by atoms with van der Waals surface area (Å²) in [4.78, 5) is 55.2. The lowest BCUT2D eigenvalue weighted by molar-refractivity contribution is -0.144. The molecular formula is C40H40N4O6. The molecule has 4 aromatic rings. The van der Waals surface area contributed by atoms with Crippen molar-refractivity contribution in [2.75, 3.05) is 23.7 Å². The number of carbonyl (C=O) groups is 4. The average molecular weight is 673 g/mol. The summed E-state index contributed by atoms with van der Waals surface area (Å²) >= 11 is 0. The number of benzene rings is 4. The van der Waals surface area contributed by atoms with Crippen LogP contribution < -0.4 is 10.6 Å². The summed E-state index contributed by atoms with van der Waals surface area (Å²) in [6.07, 6.45) is 3.66. The lowest BCUT2D eigenvalue weighted by atomic mass is 10.1. The number of anilines is 2. The highest BCUT2D eigenvalue weighted by Gasteiger charge is 2.38. The van der Waals surface area contributed by atoms with Crippen molar-refractivity contribution in [3.8, 4) is 0 Å². The van der Waals surface area contributed by atoms with Crippen LogP contribution in [-0.4, -0.2) is 68.8 Å². The van der Waals surface area contributed by atoms with Crippen LogP contribution in [0.3, 0.4) is 0 Å². The van der Waals surface area contributed by atoms with E-state index in [0.717, 1.165) is 11.1 Å². The van der Waals surface area contributed by atoms with Crippen molar-refractivity contribution < 1.29 is 29.4 Å². The van der Waals surface area contributed by atoms with Crippen molar-refractivity contribution in [1.82, 2.24) is 9.80 Å². The minimum atomic E-state index is -1.31. The van der Waals surface area contributed by atoms with Crippen LogP contribution in [0.5, 0.6) is 0 Å². The molecule has 4 atom stereocenters. The molecule has 256 valence electrons. The number of nitrogens with one attached hydrogen (secondary N) is 2. The summed E-state index contributed by atoms with van der Waals surface area (Å²) in [5, 5.41) is 27.0. The number of likely N-dealkylation sites (tertiary alicyclic amines) is 2. The Morgan fingerprint density at radius 2 is 0.920 bits per heavy atom. The van der Waals surface area contributed by atoms with Crippen LogP contribution in [0.25, 0.3) is 12.2 Å². The monoisotopic (exact) mass is 672 g/mol. The second kappa shape index (κ2) is 15.8. The zero-order chi connectivity index (χ0) is 35.0. The third kappa shape index (κ3) is 7.99. The standard InChI is InChI=1S/C40H40N4O6/c45-35(29-9-3-1-4-10-29)39(49)43-25-7-13-33(43)37(47)41-31-21-17-27(18-22-31)15-16-28-19-23-32(24-20-28)42-38(48)34-14-8-26-44(34)40(50)36(46)30-11-5-2-6-12-30/h1-6,9-12,15-24,33-36,45-46H,7-8,13-14,25-26H2,(H,41,47)(H,42,48)/b16-15+/t33-,34-,35+,36+/m0/s1. The molecule has 0 spiro atoms. The molecule has 0 radical (unpaired) electrons. The van der Waals surface area contributed by atoms with E-state index in [2.05, 4.69) is 10.6 Å². The Bertz CT molecular complexity index is 1690. The van der Waals surface area contributed by atoms with Crippen molar-refractivity contribution >= 4 is 47.2 Å². The van der Waals surface area contributed by atoms with Gasteiger partial charge in [-0.1, -0.05) is 97.1 Å². The van der Waals surface area contributed by atoms with Gasteiger partial charge in [-0.2, -0.15) is 0 Å². The first-order valence-corrected chi connectivity index (χ1v) is 16.9. The van der Waals surface area contributed by atoms with Gasteiger partial charge in [-0.15, -0.1) is 0 Å². The minimum absolute atomic E-state index is 0.288. The van der Waals surface area contributed by atoms with Crippen molar-refractivity contribution in [2.45, 2.75) is 50.0 Å². The number of hydrogen-bond acceptors (Lipinski definition) is 6. The molecule has 4 N–H and O–H groups in total. The van der Waals surface area contributed by atoms with Gasteiger partial charge in [-0.25, -0.2) is 0 Å². The van der Waals surface area contributed by atoms with E-state index in [0.29, 0.717) is 61.3 Å². The second-order valence-electron chi connectivity index (χ2n) is 12.6. The maximum absolute atomic E-state index is 13.1. The number of nitrogens with zero attached hydrogens (tertiary/aromatic N) is 2. The molecule has 4 aromatic carbocycles. The van der Waals surface area contributed by atoms with Crippen molar-refractivity contribution in [2.24, 2.45) is 0 Å². The fraction of sp³-hybridized carbons (Fsp3) is 0.250. The Balaban J connectivity index is 1.000. The number of rotatable bonds is 10. The zero-order valence-corrected chi connectivity index (χ0v) is 27.5. The third-order valence-electron chi connectivity index (χ3n) is 9.20. The second-order valence-corrected chi connectivity index (χ2v) is 12.6. The van der Waals surface area contributed by atoms with E-state index in [1.54, 1.807) is 72.8 Å². The van der Waals surface area contributed by atoms with Gasteiger partial charge >= 0.3 is 0 Å². The maximum atomic E-state index is 13.1. The fourth-order valence-corrected chi connectivity index (χ4v) is 6.47. The highest BCUT2D eigenvalue weighted by molar-refractivity contribution is 5.99. The Morgan fingerprint density at radius 1 is 0.560 bits per heavy atom. The highest BCUT2D eigenvalue weighted by atomic mass is 16.3. The molecule has 2 aliphatic rings. The smallest absolute Gasteiger partial charge is 0.256 e. The van der Waals surface area contributed by atoms with Crippen LogP contribution in [0.4, 0.5) is 11.4 Å². The van der Waals surface area contributed by atoms with E-state index in [9.17, 15) is 29.4 Å². The minimum Gasteiger partial charge on any atom is -0.378 e. The van der Waals surface area contributed by atoms with E-state index in [-0.39, 0.29) is 11.8 Å². The fourth-order valence-electron chi connectivity index (χ4n) is 6.47. The van der Waals surface area contributed by atoms with Crippen LogP contribution in [0, 0.1) is 0 Å². The molecule has 4 amide bonds. The molecule has 6 rings (SSSR count). The SMILES string of the molecule is O=C(Nc1ccc(/C=C/c2ccc(NC(=O)[C@@H]3CCCN3C(=O)[C@H](O)c3ccccc3)cc2)cc1)[C@@H]1CCCN1C(=O)[C@H](O)c1ccccc1. The van der Waals surface area contributed by atoms with Crippen LogP contribution in [0.15, 0.2) is 109 Å². The van der Waals surface area contributed by atoms with Gasteiger partial charge < -0.3 is 30.6 Å². The Morgan fingerprint density at radius 3 is 1.28 bits per heavy atom. The Labute approximate surface area is 291 Å². The molecule has 10 nitrogen and oxygen atoms in total. The highest BCUT2D eigenvalue weighted by Crippen LogP contribution is 2.26. The average Bonchev–Trinajstić information content (AvgIpc) is 3.86. The summed E-state index contributed by atoms with van der Waals surface area (Å²) < 4.78 is 0. The summed E-state index contributed by atoms with van der Waals surface area (Å²) in [6.45, 7) is 0.830. The molecule has 0 saturated carbocycles. The molecule has 2 aliphatic heterocycles. The van der Waals surface area contributed by atoms with Gasteiger partial charge in [0.05, 0.1) is 0 Å². The van der Waals surface area contributed by atoms with Crippen LogP contribution in [0.1, 0.15) is 60.1 Å². The van der Waals surface area contributed by atoms with Crippen molar-refractivity contribution in [3.05, 3.63) is 131 Å². The van der Waals surface area contributed by atoms with E-state index in [1.807, 2.05) is 48.6 Å². The molecule has 50 heavy (non-hydrogen) atoms. The molecule has 2 saturated heterocycles. The number of aliphatic hydroxyl groups excluding tert-OH is 2. The number of aliphatic hydroxyl groups is 2. The molecule has 10 heteroatoms. The number of hydrogen-bond donors (Lipinski definition) is 4. The van der Waals surface area contributed by atoms with Crippen molar-refractivity contribution in [1.29, 1.82) is 0 Å². The van der Waals surface area contributed by atoms with Gasteiger partial charge in [0.1, 0.15) is 12.1 Å². The summed E-state index contributed by atoms with van der Waals surface area (Å²) in [7, 11) is 0. The van der Waals surface area contributed by atoms with Crippen LogP contribution >= 0.6 is 0 Å². The number of amides is 4. The first-order chi connectivity index (χ1) is 24.3. The van der Waals surface area contributed by atoms with Crippen LogP contribution in [-0.2, 0) is 19.2 Å². The Hall–Kier alpha value is -5.58. The third-order valence-corrected chi connectivity index (χ3v) is 9.20. The zero-order valence-electron chi connectivity index (χ0n) is 27.5. The first kappa shape index (κ1) is 34.3. The predicted octanol–water partition coefficient (Wildman–Crippen LogP) is 5.18. The topological polar surface area (TPSA) is 139 Å². The molecule has 0 aromatic heterocycles. The molecule has 0 aliphatic carbocycles. The van der Waals surface area contributed by atoms with Gasteiger partial charge in [0.15, 0.2) is 12.2 Å². The van der Waals surface area contributed by atoms with Crippen LogP contribution in [0.2, 0.25) is 0 Å². The van der Waals surface area contributed by atoms with E-state index in [1.165, 1.54) is 9.80 Å². The maximum Gasteiger partial charge on any atom is 0.256 e. The molecule has 0 unspecified atom stereocenters.